The van der Waals surface area contributed by atoms with Gasteiger partial charge in [-0.15, -0.1) is 22.7 Å². The lowest BCUT2D eigenvalue weighted by Crippen LogP contribution is -2.10. The van der Waals surface area contributed by atoms with E-state index in [-0.39, 0.29) is 0 Å². The number of anilines is 6. The maximum atomic E-state index is 2.46. The SMILES string of the molecule is c1ccc(-c2ccc(N(c3ccc(-c4cccc(-c5cc(-c6cc(-c7ccc(N(c8ccc(-c9cccc%10ccccc9%10)cc8)c8ccc(-c9cccc%10ccccc9%10)cc8)cc7)ccc6-c6ccccc6)c6sc7ccccc7c6c5)c4)cc3)c3ccc(-c4ccc(-c5ccccc5)c(-c5cccc6c5sc5ccccc56)c4)cc3)cc2-c2ccccc2)cc1. The van der Waals surface area contributed by atoms with Gasteiger partial charge in [0.2, 0.25) is 0 Å². The molecule has 23 aromatic rings. The number of hydrogen-bond donors (Lipinski definition) is 0. The second-order valence-electron chi connectivity index (χ2n) is 32.5. The lowest BCUT2D eigenvalue weighted by Gasteiger charge is -2.27. The summed E-state index contributed by atoms with van der Waals surface area (Å²) in [6.45, 7) is 0. The van der Waals surface area contributed by atoms with E-state index in [0.29, 0.717) is 0 Å². The van der Waals surface area contributed by atoms with Crippen LogP contribution in [-0.2, 0) is 0 Å². The van der Waals surface area contributed by atoms with Gasteiger partial charge < -0.3 is 9.80 Å². The highest BCUT2D eigenvalue weighted by Crippen LogP contribution is 2.51. The van der Waals surface area contributed by atoms with Gasteiger partial charge in [-0.3, -0.25) is 0 Å². The second kappa shape index (κ2) is 32.5. The van der Waals surface area contributed by atoms with Crippen molar-refractivity contribution in [1.82, 2.24) is 0 Å². The van der Waals surface area contributed by atoms with Gasteiger partial charge in [-0.25, -0.2) is 0 Å². The van der Waals surface area contributed by atoms with Crippen molar-refractivity contribution >= 4 is 119 Å². The molecular formula is C122H80N2S2. The Labute approximate surface area is 741 Å². The zero-order chi connectivity index (χ0) is 83.4. The highest BCUT2D eigenvalue weighted by molar-refractivity contribution is 7.26. The van der Waals surface area contributed by atoms with E-state index in [4.69, 9.17) is 0 Å². The van der Waals surface area contributed by atoms with Crippen LogP contribution in [0.1, 0.15) is 0 Å². The maximum Gasteiger partial charge on any atom is 0.0468 e. The Morgan fingerprint density at radius 3 is 0.889 bits per heavy atom. The average Bonchev–Trinajstić information content (AvgIpc) is 1.56. The van der Waals surface area contributed by atoms with Crippen LogP contribution in [0.4, 0.5) is 34.1 Å². The third kappa shape index (κ3) is 14.1. The first-order valence-electron chi connectivity index (χ1n) is 43.1. The first kappa shape index (κ1) is 75.2. The van der Waals surface area contributed by atoms with Crippen molar-refractivity contribution < 1.29 is 0 Å². The number of nitrogens with zero attached hydrogens (tertiary/aromatic N) is 2. The first-order valence-corrected chi connectivity index (χ1v) is 44.8. The molecule has 4 heteroatoms. The van der Waals surface area contributed by atoms with Crippen LogP contribution in [0.5, 0.6) is 0 Å². The third-order valence-electron chi connectivity index (χ3n) is 25.1. The van der Waals surface area contributed by atoms with E-state index in [1.54, 1.807) is 0 Å². The first-order chi connectivity index (χ1) is 62.4. The van der Waals surface area contributed by atoms with Crippen LogP contribution in [0.2, 0.25) is 0 Å². The lowest BCUT2D eigenvalue weighted by molar-refractivity contribution is 1.28. The van der Waals surface area contributed by atoms with E-state index in [1.807, 2.05) is 22.7 Å². The summed E-state index contributed by atoms with van der Waals surface area (Å²) in [6.07, 6.45) is 0. The molecule has 126 heavy (non-hydrogen) atoms. The van der Waals surface area contributed by atoms with Crippen molar-refractivity contribution in [3.8, 4) is 134 Å². The molecule has 23 rings (SSSR count). The van der Waals surface area contributed by atoms with Gasteiger partial charge in [-0.2, -0.15) is 0 Å². The van der Waals surface area contributed by atoms with Crippen molar-refractivity contribution in [2.45, 2.75) is 0 Å². The van der Waals surface area contributed by atoms with E-state index in [9.17, 15) is 0 Å². The number of hydrogen-bond acceptors (Lipinski definition) is 4. The number of fused-ring (bicyclic) bond motifs is 8. The predicted octanol–water partition coefficient (Wildman–Crippen LogP) is 35.7. The minimum absolute atomic E-state index is 1.05. The summed E-state index contributed by atoms with van der Waals surface area (Å²) in [5.74, 6) is 0. The van der Waals surface area contributed by atoms with Gasteiger partial charge in [-0.05, 0) is 259 Å². The van der Waals surface area contributed by atoms with Gasteiger partial charge in [-0.1, -0.05) is 370 Å². The molecule has 0 aliphatic heterocycles. The number of thiophene rings is 2. The fourth-order valence-corrected chi connectivity index (χ4v) is 21.3. The molecule has 590 valence electrons. The summed E-state index contributed by atoms with van der Waals surface area (Å²) >= 11 is 3.76. The lowest BCUT2D eigenvalue weighted by atomic mass is 9.88. The Morgan fingerprint density at radius 1 is 0.127 bits per heavy atom. The molecule has 0 aliphatic carbocycles. The van der Waals surface area contributed by atoms with Crippen LogP contribution >= 0.6 is 22.7 Å². The van der Waals surface area contributed by atoms with E-state index in [2.05, 4.69) is 495 Å². The van der Waals surface area contributed by atoms with Crippen molar-refractivity contribution in [1.29, 1.82) is 0 Å². The van der Waals surface area contributed by atoms with E-state index in [0.717, 1.165) is 89.8 Å². The van der Waals surface area contributed by atoms with E-state index < -0.39 is 0 Å². The van der Waals surface area contributed by atoms with Crippen molar-refractivity contribution in [2.24, 2.45) is 0 Å². The van der Waals surface area contributed by atoms with Gasteiger partial charge in [0.1, 0.15) is 0 Å². The maximum absolute atomic E-state index is 2.46. The van der Waals surface area contributed by atoms with Gasteiger partial charge in [0.05, 0.1) is 0 Å². The number of rotatable bonds is 18. The predicted molar refractivity (Wildman–Crippen MR) is 542 cm³/mol. The fourth-order valence-electron chi connectivity index (χ4n) is 18.9. The normalized spacial score (nSPS) is 11.5. The molecule has 0 saturated heterocycles. The average molecular weight is 1640 g/mol. The van der Waals surface area contributed by atoms with Gasteiger partial charge in [0.25, 0.3) is 0 Å². The van der Waals surface area contributed by atoms with E-state index >= 15 is 0 Å². The Bertz CT molecular complexity index is 7880. The topological polar surface area (TPSA) is 6.48 Å². The molecule has 0 N–H and O–H groups in total. The van der Waals surface area contributed by atoms with Crippen LogP contribution in [0.15, 0.2) is 485 Å². The Kier molecular flexibility index (Phi) is 19.4. The highest BCUT2D eigenvalue weighted by atomic mass is 32.1. The van der Waals surface area contributed by atoms with E-state index in [1.165, 1.54) is 140 Å². The van der Waals surface area contributed by atoms with Gasteiger partial charge >= 0.3 is 0 Å². The zero-order valence-corrected chi connectivity index (χ0v) is 70.5. The standard InChI is InChI=1S/C122H80N2S2/c1-5-25-84(26-6-1)107-74-71-102(80-114(107)89-31-11-4-12-32-89)124(101-65-53-82(54-66-101)94-59-72-108(85-27-7-2-8-28-85)115(76-94)113-46-24-45-112-110-41-17-19-47-119(110)125-121(112)113)100-63-49-81(50-64-100)92-37-21-38-93(75-92)96-78-117-111-42-18-20-48-120(111)126-122(117)118(79-96)116-77-95(60-73-109(116)86-29-9-3-10-30-86)83-51-61-97(62-52-83)123(98-67-55-90(56-68-98)105-43-22-35-87-33-13-15-39-103(87)105)99-69-57-91(58-70-99)106-44-23-36-88-34-14-16-40-104(88)106/h1-80H. The zero-order valence-electron chi connectivity index (χ0n) is 68.9. The van der Waals surface area contributed by atoms with Gasteiger partial charge in [0.15, 0.2) is 0 Å². The Morgan fingerprint density at radius 2 is 0.413 bits per heavy atom. The molecule has 0 fully saturated rings. The molecule has 0 atom stereocenters. The summed E-state index contributed by atoms with van der Waals surface area (Å²) in [7, 11) is 0. The molecule has 0 saturated carbocycles. The summed E-state index contributed by atoms with van der Waals surface area (Å²) in [4.78, 5) is 4.81. The molecule has 0 aliphatic rings. The molecule has 2 aromatic heterocycles. The quantitative estimate of drug-likeness (QED) is 0.0845. The van der Waals surface area contributed by atoms with Crippen molar-refractivity contribution in [2.75, 3.05) is 9.80 Å². The highest BCUT2D eigenvalue weighted by Gasteiger charge is 2.24. The van der Waals surface area contributed by atoms with Crippen LogP contribution in [0.25, 0.3) is 195 Å². The van der Waals surface area contributed by atoms with Crippen LogP contribution < -0.4 is 9.80 Å². The Hall–Kier alpha value is -15.8. The molecular weight excluding hydrogens is 1560 g/mol. The monoisotopic (exact) mass is 1640 g/mol. The molecule has 0 radical (unpaired) electrons. The summed E-state index contributed by atoms with van der Waals surface area (Å²) in [5.41, 5.74) is 34.6. The van der Waals surface area contributed by atoms with Crippen molar-refractivity contribution in [3.05, 3.63) is 485 Å². The molecule has 0 bridgehead atoms. The molecule has 0 unspecified atom stereocenters. The number of benzene rings is 21. The van der Waals surface area contributed by atoms with Crippen molar-refractivity contribution in [3.63, 3.8) is 0 Å². The third-order valence-corrected chi connectivity index (χ3v) is 27.6. The minimum Gasteiger partial charge on any atom is -0.311 e. The summed E-state index contributed by atoms with van der Waals surface area (Å²) < 4.78 is 5.12. The smallest absolute Gasteiger partial charge is 0.0468 e. The molecule has 2 nitrogen and oxygen atoms in total. The van der Waals surface area contributed by atoms with Gasteiger partial charge in [0, 0.05) is 85.6 Å². The van der Waals surface area contributed by atoms with Crippen LogP contribution in [0, 0.1) is 0 Å². The molecule has 0 amide bonds. The summed E-state index contributed by atoms with van der Waals surface area (Å²) in [6, 6.07) is 179. The van der Waals surface area contributed by atoms with Crippen LogP contribution in [-0.4, -0.2) is 0 Å². The summed E-state index contributed by atoms with van der Waals surface area (Å²) in [5, 5.41) is 10.0. The largest absolute Gasteiger partial charge is 0.311 e. The van der Waals surface area contributed by atoms with Crippen LogP contribution in [0.3, 0.4) is 0 Å². The molecule has 21 aromatic carbocycles. The molecule has 2 heterocycles. The minimum atomic E-state index is 1.05. The second-order valence-corrected chi connectivity index (χ2v) is 34.6. The Balaban J connectivity index is 0.607. The fraction of sp³-hybridized carbons (Fsp3) is 0. The molecule has 0 spiro atoms.